The van der Waals surface area contributed by atoms with Crippen LogP contribution in [-0.2, 0) is 6.54 Å². The van der Waals surface area contributed by atoms with Gasteiger partial charge in [0.15, 0.2) is 0 Å². The van der Waals surface area contributed by atoms with Crippen molar-refractivity contribution in [2.75, 3.05) is 36.5 Å². The molecule has 24 heavy (non-hydrogen) atoms. The highest BCUT2D eigenvalue weighted by molar-refractivity contribution is 6.31. The summed E-state index contributed by atoms with van der Waals surface area (Å²) >= 11 is 6.45. The van der Waals surface area contributed by atoms with Gasteiger partial charge in [-0.2, -0.15) is 0 Å². The van der Waals surface area contributed by atoms with Gasteiger partial charge >= 0.3 is 0 Å². The van der Waals surface area contributed by atoms with Crippen LogP contribution in [-0.4, -0.2) is 31.4 Å². The third-order valence-corrected chi connectivity index (χ3v) is 4.58. The molecule has 1 aliphatic heterocycles. The molecule has 5 heteroatoms. The summed E-state index contributed by atoms with van der Waals surface area (Å²) in [4.78, 5) is 2.41. The highest BCUT2D eigenvalue weighted by atomic mass is 35.5. The van der Waals surface area contributed by atoms with Gasteiger partial charge in [0.05, 0.1) is 6.61 Å². The molecule has 2 aromatic carbocycles. The summed E-state index contributed by atoms with van der Waals surface area (Å²) in [6.45, 7) is 3.22. The summed E-state index contributed by atoms with van der Waals surface area (Å²) in [5, 5.41) is 13.0. The van der Waals surface area contributed by atoms with E-state index in [1.165, 1.54) is 18.5 Å². The Morgan fingerprint density at radius 3 is 2.54 bits per heavy atom. The van der Waals surface area contributed by atoms with Crippen molar-refractivity contribution < 1.29 is 9.84 Å². The molecular formula is C19H23ClN2O2. The van der Waals surface area contributed by atoms with Crippen molar-refractivity contribution >= 4 is 23.0 Å². The van der Waals surface area contributed by atoms with Gasteiger partial charge in [-0.05, 0) is 49.2 Å². The van der Waals surface area contributed by atoms with Gasteiger partial charge in [-0.3, -0.25) is 0 Å². The predicted octanol–water partition coefficient (Wildman–Crippen LogP) is 3.92. The van der Waals surface area contributed by atoms with Gasteiger partial charge in [0, 0.05) is 41.6 Å². The van der Waals surface area contributed by atoms with Crippen molar-refractivity contribution in [2.24, 2.45) is 0 Å². The van der Waals surface area contributed by atoms with Crippen molar-refractivity contribution in [3.05, 3.63) is 53.1 Å². The molecule has 1 saturated heterocycles. The van der Waals surface area contributed by atoms with Crippen LogP contribution in [0.25, 0.3) is 0 Å². The summed E-state index contributed by atoms with van der Waals surface area (Å²) < 4.78 is 5.37. The molecule has 1 heterocycles. The van der Waals surface area contributed by atoms with E-state index < -0.39 is 0 Å². The molecular weight excluding hydrogens is 324 g/mol. The molecule has 1 aliphatic rings. The first-order valence-electron chi connectivity index (χ1n) is 8.38. The van der Waals surface area contributed by atoms with E-state index in [-0.39, 0.29) is 6.61 Å². The van der Waals surface area contributed by atoms with E-state index in [1.807, 2.05) is 36.4 Å². The second-order valence-electron chi connectivity index (χ2n) is 5.88. The lowest BCUT2D eigenvalue weighted by atomic mass is 10.1. The number of benzene rings is 2. The Bertz CT molecular complexity index is 655. The van der Waals surface area contributed by atoms with E-state index in [9.17, 15) is 0 Å². The molecule has 4 nitrogen and oxygen atoms in total. The second-order valence-corrected chi connectivity index (χ2v) is 6.29. The normalized spacial score (nSPS) is 14.0. The lowest BCUT2D eigenvalue weighted by Crippen LogP contribution is -2.20. The average Bonchev–Trinajstić information content (AvgIpc) is 3.14. The van der Waals surface area contributed by atoms with Gasteiger partial charge in [0.1, 0.15) is 12.4 Å². The van der Waals surface area contributed by atoms with Crippen molar-refractivity contribution in [1.82, 2.24) is 0 Å². The number of halogens is 1. The van der Waals surface area contributed by atoms with E-state index in [0.29, 0.717) is 13.2 Å². The monoisotopic (exact) mass is 346 g/mol. The number of hydrogen-bond donors (Lipinski definition) is 2. The fourth-order valence-corrected chi connectivity index (χ4v) is 3.24. The zero-order chi connectivity index (χ0) is 16.8. The maximum absolute atomic E-state index is 8.78. The maximum atomic E-state index is 8.78. The van der Waals surface area contributed by atoms with Crippen molar-refractivity contribution in [2.45, 2.75) is 19.4 Å². The molecule has 128 valence electrons. The zero-order valence-corrected chi connectivity index (χ0v) is 14.4. The highest BCUT2D eigenvalue weighted by Crippen LogP contribution is 2.30. The summed E-state index contributed by atoms with van der Waals surface area (Å²) in [6, 6.07) is 13.9. The fourth-order valence-electron chi connectivity index (χ4n) is 3.00. The third-order valence-electron chi connectivity index (χ3n) is 4.22. The largest absolute Gasteiger partial charge is 0.491 e. The Morgan fingerprint density at radius 1 is 1.08 bits per heavy atom. The van der Waals surface area contributed by atoms with E-state index in [1.54, 1.807) is 0 Å². The Hall–Kier alpha value is -1.91. The molecule has 0 saturated carbocycles. The van der Waals surface area contributed by atoms with Crippen LogP contribution in [0.3, 0.4) is 0 Å². The number of hydrogen-bond acceptors (Lipinski definition) is 4. The lowest BCUT2D eigenvalue weighted by molar-refractivity contribution is 0.201. The molecule has 0 radical (unpaired) electrons. The zero-order valence-electron chi connectivity index (χ0n) is 13.7. The van der Waals surface area contributed by atoms with Gasteiger partial charge < -0.3 is 20.1 Å². The van der Waals surface area contributed by atoms with Crippen molar-refractivity contribution in [3.8, 4) is 5.75 Å². The summed E-state index contributed by atoms with van der Waals surface area (Å²) in [7, 11) is 0. The first-order valence-corrected chi connectivity index (χ1v) is 8.75. The minimum Gasteiger partial charge on any atom is -0.491 e. The van der Waals surface area contributed by atoms with Gasteiger partial charge in [-0.1, -0.05) is 17.7 Å². The number of nitrogens with zero attached hydrogens (tertiary/aromatic N) is 1. The topological polar surface area (TPSA) is 44.7 Å². The van der Waals surface area contributed by atoms with Gasteiger partial charge in [-0.15, -0.1) is 0 Å². The molecule has 0 bridgehead atoms. The van der Waals surface area contributed by atoms with E-state index in [0.717, 1.165) is 35.1 Å². The van der Waals surface area contributed by atoms with E-state index >= 15 is 0 Å². The molecule has 0 atom stereocenters. The average molecular weight is 347 g/mol. The standard InChI is InChI=1S/C19H23ClN2O2/c20-18-4-3-5-19(22-10-1-2-11-22)17(18)14-21-15-6-8-16(9-7-15)24-13-12-23/h3-9,21,23H,1-2,10-14H2. The maximum Gasteiger partial charge on any atom is 0.119 e. The summed E-state index contributed by atoms with van der Waals surface area (Å²) in [5.74, 6) is 0.755. The molecule has 1 fully saturated rings. The van der Waals surface area contributed by atoms with Crippen LogP contribution in [0, 0.1) is 0 Å². The number of ether oxygens (including phenoxy) is 1. The first-order chi connectivity index (χ1) is 11.8. The summed E-state index contributed by atoms with van der Waals surface area (Å²) in [5.41, 5.74) is 3.38. The Morgan fingerprint density at radius 2 is 1.83 bits per heavy atom. The lowest BCUT2D eigenvalue weighted by Gasteiger charge is -2.22. The molecule has 0 spiro atoms. The van der Waals surface area contributed by atoms with Gasteiger partial charge in [0.25, 0.3) is 0 Å². The quantitative estimate of drug-likeness (QED) is 0.797. The van der Waals surface area contributed by atoms with Crippen LogP contribution < -0.4 is 15.0 Å². The van der Waals surface area contributed by atoms with Crippen LogP contribution in [0.4, 0.5) is 11.4 Å². The second kappa shape index (κ2) is 8.27. The molecule has 0 aliphatic carbocycles. The van der Waals surface area contributed by atoms with Gasteiger partial charge in [-0.25, -0.2) is 0 Å². The van der Waals surface area contributed by atoms with Gasteiger partial charge in [0.2, 0.25) is 0 Å². The number of nitrogens with one attached hydrogen (secondary N) is 1. The molecule has 2 aromatic rings. The molecule has 0 aromatic heterocycles. The number of aliphatic hydroxyl groups is 1. The smallest absolute Gasteiger partial charge is 0.119 e. The Balaban J connectivity index is 1.68. The molecule has 3 rings (SSSR count). The fraction of sp³-hybridized carbons (Fsp3) is 0.368. The number of aliphatic hydroxyl groups excluding tert-OH is 1. The van der Waals surface area contributed by atoms with Crippen LogP contribution in [0.15, 0.2) is 42.5 Å². The minimum atomic E-state index is 0.0196. The Kier molecular flexibility index (Phi) is 5.83. The van der Waals surface area contributed by atoms with Crippen LogP contribution in [0.2, 0.25) is 5.02 Å². The van der Waals surface area contributed by atoms with Crippen molar-refractivity contribution in [3.63, 3.8) is 0 Å². The molecule has 0 amide bonds. The Labute approximate surface area is 148 Å². The van der Waals surface area contributed by atoms with Crippen LogP contribution >= 0.6 is 11.6 Å². The van der Waals surface area contributed by atoms with Crippen molar-refractivity contribution in [1.29, 1.82) is 0 Å². The molecule has 2 N–H and O–H groups in total. The minimum absolute atomic E-state index is 0.0196. The first kappa shape index (κ1) is 16.9. The predicted molar refractivity (Wildman–Crippen MR) is 99.2 cm³/mol. The molecule has 0 unspecified atom stereocenters. The number of rotatable bonds is 7. The SMILES string of the molecule is OCCOc1ccc(NCc2c(Cl)cccc2N2CCCC2)cc1. The highest BCUT2D eigenvalue weighted by Gasteiger charge is 2.17. The van der Waals surface area contributed by atoms with E-state index in [2.05, 4.69) is 16.3 Å². The summed E-state index contributed by atoms with van der Waals surface area (Å²) in [6.07, 6.45) is 2.49. The van der Waals surface area contributed by atoms with Crippen LogP contribution in [0.1, 0.15) is 18.4 Å². The number of anilines is 2. The van der Waals surface area contributed by atoms with E-state index in [4.69, 9.17) is 21.4 Å². The van der Waals surface area contributed by atoms with Crippen LogP contribution in [0.5, 0.6) is 5.75 Å². The third kappa shape index (κ3) is 4.13.